The lowest BCUT2D eigenvalue weighted by molar-refractivity contribution is -0.151. The second kappa shape index (κ2) is 17.1. The molecule has 0 aliphatic carbocycles. The van der Waals surface area contributed by atoms with Gasteiger partial charge >= 0.3 is 5.97 Å². The zero-order valence-corrected chi connectivity index (χ0v) is 36.3. The van der Waals surface area contributed by atoms with Crippen molar-refractivity contribution < 1.29 is 37.7 Å². The van der Waals surface area contributed by atoms with Crippen LogP contribution in [0.1, 0.15) is 44.5 Å². The summed E-state index contributed by atoms with van der Waals surface area (Å²) < 4.78 is 37.0. The first kappa shape index (κ1) is 41.5. The van der Waals surface area contributed by atoms with Gasteiger partial charge in [0, 0.05) is 18.2 Å². The van der Waals surface area contributed by atoms with E-state index in [0.717, 1.165) is 5.56 Å². The van der Waals surface area contributed by atoms with Crippen LogP contribution in [0.15, 0.2) is 82.3 Å². The number of para-hydroxylation sites is 1. The molecule has 15 heteroatoms. The van der Waals surface area contributed by atoms with Crippen LogP contribution in [0.3, 0.4) is 0 Å². The third-order valence-electron chi connectivity index (χ3n) is 9.90. The quantitative estimate of drug-likeness (QED) is 0.0820. The molecule has 0 aliphatic rings. The van der Waals surface area contributed by atoms with Gasteiger partial charge in [-0.3, -0.25) is 0 Å². The van der Waals surface area contributed by atoms with Gasteiger partial charge in [0.25, 0.3) is 0 Å². The molecule has 0 unspecified atom stereocenters. The highest BCUT2D eigenvalue weighted by Gasteiger charge is 2.39. The summed E-state index contributed by atoms with van der Waals surface area (Å²) in [6.07, 6.45) is 1.78. The van der Waals surface area contributed by atoms with Crippen LogP contribution >= 0.6 is 27.5 Å². The monoisotopic (exact) mass is 874 g/mol. The number of aromatic nitrogens is 4. The second-order valence-corrected chi connectivity index (χ2v) is 20.6. The number of halogens is 2. The Labute approximate surface area is 345 Å². The standard InChI is InChI=1S/C42H44BrClN4O8Si/c1-9-52-41(50)33(54-39-35-34(37(43)55-40(35)47-23-46-39)28-15-16-30(49)36(44)24(28)2)21-25-20-27(56-57(7,8)42(3,4)5)14-17-31(25)53-22-26-18-19-45-38(48-26)29-12-10-11-13-32(29)51-6/h10-20,23,33,49H,9,21-22H2,1-8H3/t33-/m1/s1. The third kappa shape index (κ3) is 9.03. The van der Waals surface area contributed by atoms with Crippen molar-refractivity contribution in [1.29, 1.82) is 0 Å². The molecule has 0 amide bonds. The maximum atomic E-state index is 13.8. The van der Waals surface area contributed by atoms with Gasteiger partial charge in [-0.15, -0.1) is 0 Å². The van der Waals surface area contributed by atoms with Crippen molar-refractivity contribution in [1.82, 2.24) is 19.9 Å². The number of rotatable bonds is 14. The first-order chi connectivity index (χ1) is 27.1. The number of benzene rings is 3. The maximum Gasteiger partial charge on any atom is 0.347 e. The van der Waals surface area contributed by atoms with E-state index in [2.05, 4.69) is 64.7 Å². The van der Waals surface area contributed by atoms with Crippen LogP contribution in [0.25, 0.3) is 33.6 Å². The Morgan fingerprint density at radius 3 is 2.53 bits per heavy atom. The van der Waals surface area contributed by atoms with E-state index in [1.165, 1.54) is 12.4 Å². The van der Waals surface area contributed by atoms with Crippen LogP contribution < -0.4 is 18.6 Å². The van der Waals surface area contributed by atoms with Crippen LogP contribution in [0.5, 0.6) is 28.9 Å². The summed E-state index contributed by atoms with van der Waals surface area (Å²) in [4.78, 5) is 31.8. The van der Waals surface area contributed by atoms with E-state index >= 15 is 0 Å². The van der Waals surface area contributed by atoms with Crippen LogP contribution in [0, 0.1) is 6.92 Å². The largest absolute Gasteiger partial charge is 0.543 e. The molecule has 0 saturated carbocycles. The Kier molecular flexibility index (Phi) is 12.5. The van der Waals surface area contributed by atoms with E-state index in [4.69, 9.17) is 44.4 Å². The molecule has 0 bridgehead atoms. The summed E-state index contributed by atoms with van der Waals surface area (Å²) in [5.41, 5.74) is 3.98. The average molecular weight is 876 g/mol. The van der Waals surface area contributed by atoms with Crippen molar-refractivity contribution >= 4 is 52.9 Å². The van der Waals surface area contributed by atoms with E-state index in [0.29, 0.717) is 61.1 Å². The van der Waals surface area contributed by atoms with Gasteiger partial charge in [-0.25, -0.2) is 24.7 Å². The molecule has 0 radical (unpaired) electrons. The molecule has 6 aromatic rings. The molecule has 12 nitrogen and oxygen atoms in total. The number of methoxy groups -OCH3 is 1. The number of ether oxygens (including phenoxy) is 4. The van der Waals surface area contributed by atoms with Crippen LogP contribution in [-0.2, 0) is 22.6 Å². The molecule has 298 valence electrons. The number of aromatic hydroxyl groups is 1. The first-order valence-corrected chi connectivity index (χ1v) is 22.3. The van der Waals surface area contributed by atoms with Gasteiger partial charge in [-0.2, -0.15) is 0 Å². The van der Waals surface area contributed by atoms with E-state index in [-0.39, 0.29) is 47.0 Å². The molecule has 3 aromatic heterocycles. The number of phenols is 1. The van der Waals surface area contributed by atoms with Crippen molar-refractivity contribution in [3.8, 4) is 51.4 Å². The smallest absolute Gasteiger partial charge is 0.347 e. The zero-order valence-electron chi connectivity index (χ0n) is 33.0. The fourth-order valence-electron chi connectivity index (χ4n) is 5.85. The summed E-state index contributed by atoms with van der Waals surface area (Å²) in [6.45, 7) is 14.6. The number of esters is 1. The third-order valence-corrected chi connectivity index (χ3v) is 15.3. The number of nitrogens with zero attached hydrogens (tertiary/aromatic N) is 4. The minimum absolute atomic E-state index is 0.0169. The minimum Gasteiger partial charge on any atom is -0.543 e. The normalized spacial score (nSPS) is 12.3. The first-order valence-electron chi connectivity index (χ1n) is 18.3. The Bertz CT molecular complexity index is 2420. The van der Waals surface area contributed by atoms with Gasteiger partial charge in [0.2, 0.25) is 26.0 Å². The Balaban J connectivity index is 1.39. The molecular weight excluding hydrogens is 832 g/mol. The number of hydrogen-bond donors (Lipinski definition) is 1. The zero-order chi connectivity index (χ0) is 41.1. The molecule has 3 heterocycles. The van der Waals surface area contributed by atoms with Gasteiger partial charge in [0.05, 0.1) is 35.6 Å². The van der Waals surface area contributed by atoms with Crippen molar-refractivity contribution in [3.05, 3.63) is 99.7 Å². The number of hydrogen-bond acceptors (Lipinski definition) is 12. The number of carbonyl (C=O) groups excluding carboxylic acids is 1. The van der Waals surface area contributed by atoms with Crippen LogP contribution in [-0.4, -0.2) is 59.1 Å². The van der Waals surface area contributed by atoms with Gasteiger partial charge in [0.15, 0.2) is 10.5 Å². The number of phenolic OH excluding ortho intramolecular Hbond substituents is 1. The summed E-state index contributed by atoms with van der Waals surface area (Å²) in [6, 6.07) is 18.1. The summed E-state index contributed by atoms with van der Waals surface area (Å²) in [7, 11) is -0.663. The summed E-state index contributed by atoms with van der Waals surface area (Å²) in [5, 5.41) is 10.8. The number of carbonyl (C=O) groups is 1. The van der Waals surface area contributed by atoms with E-state index in [1.807, 2.05) is 42.5 Å². The lowest BCUT2D eigenvalue weighted by Gasteiger charge is -2.36. The molecular formula is C42H44BrClN4O8Si. The van der Waals surface area contributed by atoms with E-state index < -0.39 is 20.4 Å². The van der Waals surface area contributed by atoms with Gasteiger partial charge in [-0.1, -0.05) is 50.6 Å². The van der Waals surface area contributed by atoms with Gasteiger partial charge in [0.1, 0.15) is 41.3 Å². The number of furan rings is 1. The average Bonchev–Trinajstić information content (AvgIpc) is 3.52. The Morgan fingerprint density at radius 2 is 1.79 bits per heavy atom. The summed E-state index contributed by atoms with van der Waals surface area (Å²) >= 11 is 9.97. The number of fused-ring (bicyclic) bond motifs is 1. The minimum atomic E-state index is -2.27. The van der Waals surface area contributed by atoms with Crippen molar-refractivity contribution in [2.24, 2.45) is 0 Å². The molecule has 0 saturated heterocycles. The fourth-order valence-corrected chi connectivity index (χ4v) is 7.60. The Hall–Kier alpha value is -5.18. The lowest BCUT2D eigenvalue weighted by atomic mass is 10.0. The van der Waals surface area contributed by atoms with Crippen LogP contribution in [0.4, 0.5) is 0 Å². The highest BCUT2D eigenvalue weighted by molar-refractivity contribution is 9.10. The topological polar surface area (TPSA) is 148 Å². The highest BCUT2D eigenvalue weighted by Crippen LogP contribution is 2.45. The predicted molar refractivity (Wildman–Crippen MR) is 224 cm³/mol. The molecule has 57 heavy (non-hydrogen) atoms. The molecule has 3 aromatic carbocycles. The molecule has 0 fully saturated rings. The SMILES string of the molecule is CCOC(=O)[C@@H](Cc1cc(O[Si](C)(C)C(C)(C)C)ccc1OCc1ccnc(-c2ccccc2OC)n1)Oc1ncnc2oc(Br)c(-c3ccc(O)c(Cl)c3C)c12. The lowest BCUT2D eigenvalue weighted by Crippen LogP contribution is -2.43. The van der Waals surface area contributed by atoms with Crippen LogP contribution in [0.2, 0.25) is 23.2 Å². The van der Waals surface area contributed by atoms with Crippen molar-refractivity contribution in [3.63, 3.8) is 0 Å². The summed E-state index contributed by atoms with van der Waals surface area (Å²) in [5.74, 6) is 1.67. The van der Waals surface area contributed by atoms with E-state index in [9.17, 15) is 9.90 Å². The Morgan fingerprint density at radius 1 is 1.02 bits per heavy atom. The molecule has 1 atom stereocenters. The molecule has 0 aliphatic heterocycles. The predicted octanol–water partition coefficient (Wildman–Crippen LogP) is 10.3. The van der Waals surface area contributed by atoms with E-state index in [1.54, 1.807) is 39.3 Å². The van der Waals surface area contributed by atoms with Gasteiger partial charge < -0.3 is 32.9 Å². The van der Waals surface area contributed by atoms with Crippen molar-refractivity contribution in [2.75, 3.05) is 13.7 Å². The second-order valence-electron chi connectivity index (χ2n) is 14.7. The maximum absolute atomic E-state index is 13.8. The fraction of sp³-hybridized carbons (Fsp3) is 0.310. The molecule has 0 spiro atoms. The van der Waals surface area contributed by atoms with Gasteiger partial charge in [-0.05, 0) is 102 Å². The molecule has 1 N–H and O–H groups in total. The molecule has 6 rings (SSSR count). The van der Waals surface area contributed by atoms with Crippen molar-refractivity contribution in [2.45, 2.75) is 71.9 Å². The highest BCUT2D eigenvalue weighted by atomic mass is 79.9.